The van der Waals surface area contributed by atoms with Gasteiger partial charge >= 0.3 is 18.5 Å². The first-order valence-electron chi connectivity index (χ1n) is 72.3. The molecule has 33 heteroatoms. The Bertz CT molecular complexity index is 9810. The SMILES string of the molecule is [2H]c1c([2H])c(-c2ccc(C(F)(F)F)cc2)c([2H])c(C)c1CN(CCN(CC)CC)C(=O)Cn1c(SCc2ccc(F)cc2)nc(=O)c2c1CCC2.[2H]c1c([2H])c(C([2H])([2H])Sc2nc(=O)c3c(n2C([2H])([2H])C(=O)N(C([2H])([2H])c2c([2H])c([2H])c(-c4c([2H])c([2H])c(C(F)(F)F)c(C)c4[2H])c([2H])c2[2H])C([2H])([2H])C([2H])([2H])N(C([2H])([2H])C)C([2H])([2H])C)CCC3)c([2H])c([2H])c1F.[2H]c1c([2H])c(C([2H])([2H])Sc2nc(=O)c3c(n2C([2H])([2H])C(=O)N(C([2H])([2H])c2c([2H])c([2H])c(-c4c([2H])c([2H])c(C(F)(F)F)c([2H])c4[2H])c([2H])c2[2H])C([2H])([2H])C([2H])([2H])N(C([2H])([2H])C)C([2H])([2H])C)C([2H])([2H])C([2H])(C)C3([2H])[2H])c([2H])c([2H])c1F. The number of nitrogens with zero attached hydrogens (tertiary/aromatic N) is 12. The Hall–Kier alpha value is -11.9. The number of rotatable bonds is 39. The Morgan fingerprint density at radius 1 is 0.424 bits per heavy atom. The molecule has 9 aromatic carbocycles. The largest absolute Gasteiger partial charge is 0.416 e. The molecule has 15 rings (SSSR count). The van der Waals surface area contributed by atoms with E-state index in [4.69, 9.17) is 64.4 Å². The number of benzene rings is 9. The number of likely N-dealkylation sites (N-methyl/N-ethyl adjacent to an activating group) is 3. The van der Waals surface area contributed by atoms with Crippen molar-refractivity contribution in [2.45, 2.75) is 204 Å². The predicted octanol–water partition coefficient (Wildman–Crippen LogP) is 22.5. The summed E-state index contributed by atoms with van der Waals surface area (Å²) in [5.74, 6) is -13.0. The lowest BCUT2D eigenvalue weighted by atomic mass is 9.98. The lowest BCUT2D eigenvalue weighted by Gasteiger charge is -2.28. The highest BCUT2D eigenvalue weighted by Crippen LogP contribution is 2.39. The van der Waals surface area contributed by atoms with Gasteiger partial charge in [0.1, 0.15) is 37.0 Å². The highest BCUT2D eigenvalue weighted by atomic mass is 32.2. The van der Waals surface area contributed by atoms with E-state index in [2.05, 4.69) is 19.9 Å². The smallest absolute Gasteiger partial charge is 0.336 e. The molecule has 0 N–H and O–H groups in total. The summed E-state index contributed by atoms with van der Waals surface area (Å²) in [4.78, 5) is 97.6. The molecule has 0 saturated carbocycles. The van der Waals surface area contributed by atoms with Gasteiger partial charge in [-0.25, -0.2) is 13.2 Å². The zero-order chi connectivity index (χ0) is 156. The van der Waals surface area contributed by atoms with Crippen LogP contribution in [0.25, 0.3) is 33.4 Å². The van der Waals surface area contributed by atoms with E-state index in [9.17, 15) is 88.3 Å². The van der Waals surface area contributed by atoms with Gasteiger partial charge in [0, 0.05) is 138 Å². The minimum atomic E-state index is -5.58. The normalized spacial score (nSPS) is 21.9. The van der Waals surface area contributed by atoms with Crippen LogP contribution < -0.4 is 16.7 Å². The summed E-state index contributed by atoms with van der Waals surface area (Å²) in [7, 11) is 0. The minimum absolute atomic E-state index is 0.0385. The van der Waals surface area contributed by atoms with Gasteiger partial charge < -0.3 is 43.1 Å². The van der Waals surface area contributed by atoms with Crippen LogP contribution >= 0.6 is 35.3 Å². The number of carbonyl (C=O) groups is 3. The molecule has 144 heavy (non-hydrogen) atoms. The minimum Gasteiger partial charge on any atom is -0.336 e. The molecule has 0 radical (unpaired) electrons. The number of hydrogen-bond donors (Lipinski definition) is 0. The van der Waals surface area contributed by atoms with E-state index in [0.717, 1.165) is 42.9 Å². The fourth-order valence-corrected chi connectivity index (χ4v) is 15.8. The van der Waals surface area contributed by atoms with Crippen LogP contribution in [0.4, 0.5) is 52.7 Å². The third-order valence-electron chi connectivity index (χ3n) is 20.8. The van der Waals surface area contributed by atoms with Crippen LogP contribution in [0.5, 0.6) is 0 Å². The van der Waals surface area contributed by atoms with Gasteiger partial charge in [-0.15, -0.1) is 0 Å². The van der Waals surface area contributed by atoms with E-state index >= 15 is 9.59 Å². The summed E-state index contributed by atoms with van der Waals surface area (Å²) < 4.78 is 682. The van der Waals surface area contributed by atoms with Crippen LogP contribution in [-0.2, 0) is 128 Å². The van der Waals surface area contributed by atoms with Crippen LogP contribution in [0.3, 0.4) is 0 Å². The van der Waals surface area contributed by atoms with Crippen LogP contribution in [-0.4, -0.2) is 154 Å². The first-order chi connectivity index (χ1) is 91.9. The van der Waals surface area contributed by atoms with Gasteiger partial charge in [0.05, 0.1) is 68.8 Å². The maximum absolute atomic E-state index is 15.7. The fraction of sp³-hybridized carbons (Fsp3) is 0.378. The molecule has 762 valence electrons. The number of alkyl halides is 9. The number of hydrogen-bond acceptors (Lipinski definition) is 15. The van der Waals surface area contributed by atoms with Gasteiger partial charge in [0.25, 0.3) is 16.7 Å². The van der Waals surface area contributed by atoms with Crippen LogP contribution in [0.1, 0.15) is 237 Å². The second kappa shape index (κ2) is 50.3. The monoisotopic (exact) mass is 2100 g/mol. The Labute approximate surface area is 927 Å². The van der Waals surface area contributed by atoms with Crippen molar-refractivity contribution in [3.05, 3.63) is 349 Å². The third kappa shape index (κ3) is 29.3. The molecule has 0 spiro atoms. The van der Waals surface area contributed by atoms with Gasteiger partial charge in [0.2, 0.25) is 17.7 Å². The van der Waals surface area contributed by atoms with E-state index in [0.29, 0.717) is 88.5 Å². The zero-order valence-electron chi connectivity index (χ0n) is 136. The van der Waals surface area contributed by atoms with Crippen LogP contribution in [0.2, 0.25) is 0 Å². The van der Waals surface area contributed by atoms with Gasteiger partial charge in [-0.3, -0.25) is 28.8 Å². The number of carbonyl (C=O) groups excluding carboxylic acids is 3. The highest BCUT2D eigenvalue weighted by Gasteiger charge is 2.36. The molecule has 0 saturated heterocycles. The van der Waals surface area contributed by atoms with Crippen molar-refractivity contribution >= 4 is 53.0 Å². The maximum atomic E-state index is 15.7. The van der Waals surface area contributed by atoms with Crippen molar-refractivity contribution in [1.29, 1.82) is 0 Å². The molecule has 3 aromatic heterocycles. The Kier molecular flexibility index (Phi) is 19.2. The Morgan fingerprint density at radius 3 is 1.33 bits per heavy atom. The van der Waals surface area contributed by atoms with Gasteiger partial charge in [-0.05, 0) is 255 Å². The Morgan fingerprint density at radius 2 is 0.854 bits per heavy atom. The molecule has 3 aliphatic carbocycles. The number of amides is 3. The topological polar surface area (TPSA) is 175 Å². The summed E-state index contributed by atoms with van der Waals surface area (Å²) >= 11 is 0.160. The second-order valence-electron chi connectivity index (χ2n) is 30.2. The second-order valence-corrected chi connectivity index (χ2v) is 32.7. The molecule has 1 atom stereocenters. The molecule has 3 heterocycles. The molecule has 0 fully saturated rings. The van der Waals surface area contributed by atoms with Crippen molar-refractivity contribution in [2.75, 3.05) is 78.2 Å². The first kappa shape index (κ1) is 55.1. The van der Waals surface area contributed by atoms with Gasteiger partial charge in [-0.2, -0.15) is 54.5 Å². The van der Waals surface area contributed by atoms with Crippen molar-refractivity contribution < 1.29 is 148 Å². The molecule has 1 unspecified atom stereocenters. The molecule has 0 bridgehead atoms. The molecular formula is C111H120F12N12O6S3. The fourth-order valence-electron chi connectivity index (χ4n) is 13.6. The van der Waals surface area contributed by atoms with E-state index in [1.54, 1.807) is 28.5 Å². The molecule has 12 aromatic rings. The molecule has 0 aliphatic heterocycles. The van der Waals surface area contributed by atoms with Gasteiger partial charge in [-0.1, -0.05) is 223 Å². The maximum Gasteiger partial charge on any atom is 0.416 e. The molecule has 18 nitrogen and oxygen atoms in total. The molecule has 3 aliphatic rings. The van der Waals surface area contributed by atoms with E-state index in [1.807, 2.05) is 13.8 Å². The summed E-state index contributed by atoms with van der Waals surface area (Å²) in [6, 6.07) is -26.9. The highest BCUT2D eigenvalue weighted by molar-refractivity contribution is 7.98. The zero-order valence-corrected chi connectivity index (χ0v) is 79.3. The predicted molar refractivity (Wildman–Crippen MR) is 544 cm³/mol. The van der Waals surface area contributed by atoms with Crippen LogP contribution in [0.15, 0.2) is 235 Å². The molecule has 3 amide bonds. The van der Waals surface area contributed by atoms with Crippen molar-refractivity contribution in [1.82, 2.24) is 58.1 Å². The average Bonchev–Trinajstić information content (AvgIpc) is 1.51. The van der Waals surface area contributed by atoms with Gasteiger partial charge in [0.15, 0.2) is 15.5 Å². The first-order valence-corrected chi connectivity index (χ1v) is 45.4. The number of halogens is 12. The summed E-state index contributed by atoms with van der Waals surface area (Å²) in [6.45, 7) is -40.4. The number of fused-ring (bicyclic) bond motifs is 3. The van der Waals surface area contributed by atoms with Crippen molar-refractivity contribution in [3.8, 4) is 33.4 Å². The standard InChI is InChI=1S/3C37H40F4N4O2S/c1-4-43(5-2)18-19-44(22-26-6-10-28(11-7-26)29-12-14-30(15-13-29)37(39,40)41)34(46)23-45-33-21-25(3)20-32(33)35(47)42-36(45)48-24-27-8-16-31(38)17-9-27;1-4-43(5-2)19-20-44(22-26-9-13-28(14-10-26)29-15-18-32(25(3)21-29)37(39,40)41)34(46)23-45-33-8-6-7-31(33)35(47)42-36(45)48-24-27-11-16-30(38)17-12-27;1-4-43(5-2)19-20-44(22-29-12-11-28(21-25(29)3)27-13-15-30(16-14-27)37(39,40)41)34(46)23-45-33-8-6-7-32(33)35(47)42-36(45)48-24-26-9-17-31(38)18-10-26/h6-17,25H,4-5,18-24H2,1-3H3;2*9-18,21H,4-8,19-20,22-24H2,1-3H3/i4D2,5D2,6D,7D,8D,9D,10D,11D,12D,13D,14D,15D,16D,17D,18D2,19D2,20D2,21D2,22D2,23D2,24D2,25D;4D2,5D2,9D,10D,11D,12D,13D,14D,15D,16D,17D,18D,19D2,20D2,21D,22D2,23D2,24D2;11D,12D,21D. The van der Waals surface area contributed by atoms with E-state index in [1.165, 1.54) is 36.0 Å². The summed E-state index contributed by atoms with van der Waals surface area (Å²) in [5, 5.41) is -2.65. The lowest BCUT2D eigenvalue weighted by Crippen LogP contribution is -2.40. The van der Waals surface area contributed by atoms with E-state index in [-0.39, 0.29) is 101 Å². The van der Waals surface area contributed by atoms with Crippen molar-refractivity contribution in [3.63, 3.8) is 0 Å². The summed E-state index contributed by atoms with van der Waals surface area (Å²) in [5.41, 5.74) is -29.4. The average molecular weight is 2100 g/mol. The van der Waals surface area contributed by atoms with Crippen molar-refractivity contribution in [2.24, 2.45) is 5.89 Å². The number of aromatic nitrogens is 6. The summed E-state index contributed by atoms with van der Waals surface area (Å²) in [6.07, 6.45) is -21.8. The number of thioether (sulfide) groups is 3. The molecular weight excluding hydrogens is 1920 g/mol. The quantitative estimate of drug-likeness (QED) is 0.0202. The Balaban J connectivity index is 0.000000249. The van der Waals surface area contributed by atoms with E-state index < -0.39 is 436 Å². The lowest BCUT2D eigenvalue weighted by molar-refractivity contribution is -0.138. The van der Waals surface area contributed by atoms with Crippen LogP contribution in [0, 0.1) is 37.2 Å². The third-order valence-corrected chi connectivity index (χ3v) is 23.4.